The van der Waals surface area contributed by atoms with Crippen LogP contribution in [0.1, 0.15) is 99.0 Å². The summed E-state index contributed by atoms with van der Waals surface area (Å²) in [6.07, 6.45) is 9.22. The quantitative estimate of drug-likeness (QED) is 0.0415. The van der Waals surface area contributed by atoms with Gasteiger partial charge in [-0.3, -0.25) is 33.6 Å². The summed E-state index contributed by atoms with van der Waals surface area (Å²) in [5, 5.41) is 31.8. The molecule has 72 heavy (non-hydrogen) atoms. The van der Waals surface area contributed by atoms with E-state index in [2.05, 4.69) is 26.6 Å². The Hall–Kier alpha value is -6.30. The fourth-order valence-electron chi connectivity index (χ4n) is 6.89. The number of carbonyl (C=O) groups excluding carboxylic acids is 7. The van der Waals surface area contributed by atoms with Crippen molar-refractivity contribution in [1.29, 1.82) is 0 Å². The second-order valence-electron chi connectivity index (χ2n) is 17.1. The molecule has 22 nitrogen and oxygen atoms in total. The van der Waals surface area contributed by atoms with Crippen LogP contribution in [-0.4, -0.2) is 146 Å². The third-order valence-electron chi connectivity index (χ3n) is 10.9. The fourth-order valence-corrected chi connectivity index (χ4v) is 7.78. The smallest absolute Gasteiger partial charge is 0.341 e. The number of hydrogen-bond acceptors (Lipinski definition) is 14. The molecular weight excluding hydrogens is 957 g/mol. The van der Waals surface area contributed by atoms with E-state index in [1.165, 1.54) is 36.4 Å². The summed E-state index contributed by atoms with van der Waals surface area (Å²) >= 11 is 1.12. The number of carboxylic acid groups (broad SMARTS) is 2. The summed E-state index contributed by atoms with van der Waals surface area (Å²) in [4.78, 5) is 111. The van der Waals surface area contributed by atoms with Gasteiger partial charge in [0, 0.05) is 44.0 Å². The van der Waals surface area contributed by atoms with E-state index in [-0.39, 0.29) is 86.9 Å². The van der Waals surface area contributed by atoms with Gasteiger partial charge in [0.15, 0.2) is 6.61 Å². The second kappa shape index (κ2) is 36.6. The first-order valence-electron chi connectivity index (χ1n) is 24.2. The molecule has 7 amide bonds. The Morgan fingerprint density at radius 1 is 0.611 bits per heavy atom. The lowest BCUT2D eigenvalue weighted by atomic mass is 10.0. The van der Waals surface area contributed by atoms with E-state index in [0.717, 1.165) is 63.1 Å². The molecule has 2 rings (SSSR count). The molecule has 0 aliphatic heterocycles. The Bertz CT molecular complexity index is 2010. The number of hydrogen-bond donors (Lipinski definition) is 10. The maximum atomic E-state index is 13.7. The van der Waals surface area contributed by atoms with Crippen LogP contribution in [0.5, 0.6) is 5.75 Å². The molecule has 0 saturated carbocycles. The highest BCUT2D eigenvalue weighted by atomic mass is 32.2. The lowest BCUT2D eigenvalue weighted by Crippen LogP contribution is -2.54. The maximum absolute atomic E-state index is 13.7. The average Bonchev–Trinajstić information content (AvgIpc) is 3.34. The zero-order valence-electron chi connectivity index (χ0n) is 41.1. The van der Waals surface area contributed by atoms with Crippen molar-refractivity contribution in [1.82, 2.24) is 26.6 Å². The van der Waals surface area contributed by atoms with Gasteiger partial charge in [-0.15, -0.1) is 0 Å². The predicted molar refractivity (Wildman–Crippen MR) is 269 cm³/mol. The molecule has 400 valence electrons. The molecule has 0 aliphatic rings. The van der Waals surface area contributed by atoms with Crippen LogP contribution in [0.3, 0.4) is 0 Å². The first-order chi connectivity index (χ1) is 34.5. The maximum Gasteiger partial charge on any atom is 0.341 e. The van der Waals surface area contributed by atoms with Gasteiger partial charge in [-0.2, -0.15) is 11.8 Å². The van der Waals surface area contributed by atoms with Gasteiger partial charge < -0.3 is 68.2 Å². The Morgan fingerprint density at radius 3 is 1.82 bits per heavy atom. The number of aromatic carboxylic acids is 1. The van der Waals surface area contributed by atoms with Crippen LogP contribution >= 0.6 is 11.8 Å². The number of amides is 7. The molecule has 0 fully saturated rings. The lowest BCUT2D eigenvalue weighted by Gasteiger charge is -2.23. The lowest BCUT2D eigenvalue weighted by molar-refractivity contribution is -0.139. The van der Waals surface area contributed by atoms with Crippen molar-refractivity contribution >= 4 is 65.1 Å². The van der Waals surface area contributed by atoms with Crippen LogP contribution in [0.4, 0.5) is 0 Å². The highest BCUT2D eigenvalue weighted by Gasteiger charge is 2.28. The average molecular weight is 1030 g/mol. The molecule has 0 aromatic heterocycles. The topological polar surface area (TPSA) is 360 Å². The van der Waals surface area contributed by atoms with Crippen LogP contribution in [0, 0.1) is 5.92 Å². The highest BCUT2D eigenvalue weighted by Crippen LogP contribution is 2.16. The molecule has 0 spiro atoms. The van der Waals surface area contributed by atoms with Gasteiger partial charge in [0.25, 0.3) is 0 Å². The summed E-state index contributed by atoms with van der Waals surface area (Å²) < 4.78 is 16.1. The Kier molecular flexibility index (Phi) is 31.4. The summed E-state index contributed by atoms with van der Waals surface area (Å²) in [6.45, 7) is 2.54. The summed E-state index contributed by atoms with van der Waals surface area (Å²) in [5.41, 5.74) is 17.6. The molecule has 0 aliphatic carbocycles. The third-order valence-corrected chi connectivity index (χ3v) is 12.1. The van der Waals surface area contributed by atoms with E-state index in [1.54, 1.807) is 19.1 Å². The van der Waals surface area contributed by atoms with Crippen molar-refractivity contribution in [3.05, 3.63) is 65.2 Å². The fraction of sp³-hybridized carbons (Fsp3) is 0.571. The van der Waals surface area contributed by atoms with Crippen LogP contribution in [0.25, 0.3) is 0 Å². The van der Waals surface area contributed by atoms with E-state index in [4.69, 9.17) is 36.5 Å². The molecule has 23 heteroatoms. The first kappa shape index (κ1) is 61.8. The number of carboxylic acids is 2. The summed E-state index contributed by atoms with van der Waals surface area (Å²) in [5.74, 6) is -6.18. The molecular formula is C49H74N8O14S. The number of benzene rings is 2. The highest BCUT2D eigenvalue weighted by molar-refractivity contribution is 7.99. The molecule has 2 aromatic carbocycles. The number of carbonyl (C=O) groups is 9. The van der Waals surface area contributed by atoms with Gasteiger partial charge >= 0.3 is 11.9 Å². The van der Waals surface area contributed by atoms with Gasteiger partial charge in [0.2, 0.25) is 41.4 Å². The number of ether oxygens (including phenoxy) is 3. The number of aliphatic carboxylic acids is 1. The Balaban J connectivity index is 1.80. The second-order valence-corrected chi connectivity index (χ2v) is 18.1. The molecule has 0 radical (unpaired) electrons. The van der Waals surface area contributed by atoms with Gasteiger partial charge in [0.1, 0.15) is 30.5 Å². The zero-order chi connectivity index (χ0) is 53.1. The minimum atomic E-state index is -1.23. The van der Waals surface area contributed by atoms with E-state index in [9.17, 15) is 48.3 Å². The Morgan fingerprint density at radius 2 is 1.21 bits per heavy atom. The number of nitrogens with two attached hydrogens (primary N) is 3. The van der Waals surface area contributed by atoms with E-state index in [0.29, 0.717) is 37.1 Å². The van der Waals surface area contributed by atoms with Crippen molar-refractivity contribution in [2.24, 2.45) is 23.1 Å². The van der Waals surface area contributed by atoms with Crippen molar-refractivity contribution in [3.8, 4) is 5.75 Å². The minimum Gasteiger partial charge on any atom is -0.482 e. The van der Waals surface area contributed by atoms with E-state index in [1.807, 2.05) is 0 Å². The monoisotopic (exact) mass is 1030 g/mol. The van der Waals surface area contributed by atoms with Crippen LogP contribution in [0.15, 0.2) is 48.5 Å². The first-order valence-corrected chi connectivity index (χ1v) is 25.4. The molecule has 0 heterocycles. The largest absolute Gasteiger partial charge is 0.482 e. The van der Waals surface area contributed by atoms with Gasteiger partial charge in [-0.25, -0.2) is 9.59 Å². The van der Waals surface area contributed by atoms with E-state index < -0.39 is 72.1 Å². The van der Waals surface area contributed by atoms with Gasteiger partial charge in [0.05, 0.1) is 31.1 Å². The standard InChI is InChI=1S/C49H74N8O14S/c1-33(46(64)56-38(11-10-21-50)47(65)54-23-24-69-25-26-70-29-42(59)53-22-9-7-5-3-2-4-6-8-12-41(51)58)31-72-32-43(60)55-40(28-35-15-19-37(20-16-35)71-30-44(61)62)48(66)57-39(45(52)63)27-34-13-17-36(18-14-34)49(67)68/h13-20,33,38-40H,2-12,21-32,50H2,1H3,(H2,51,58)(H2,52,63)(H,53,59)(H,54,65)(H,55,60)(H,56,64)(H,57,66)(H,61,62)(H,67,68)/t33-,38-,39-,40-/m0/s1. The summed E-state index contributed by atoms with van der Waals surface area (Å²) in [6, 6.07) is 8.52. The van der Waals surface area contributed by atoms with E-state index >= 15 is 0 Å². The van der Waals surface area contributed by atoms with Crippen molar-refractivity contribution in [2.75, 3.05) is 64.2 Å². The number of primary amides is 2. The van der Waals surface area contributed by atoms with Crippen molar-refractivity contribution < 1.29 is 67.6 Å². The minimum absolute atomic E-state index is 0.0264. The number of unbranched alkanes of at least 4 members (excludes halogenated alkanes) is 7. The molecule has 0 bridgehead atoms. The zero-order valence-corrected chi connectivity index (χ0v) is 41.9. The number of nitrogens with one attached hydrogen (secondary N) is 5. The van der Waals surface area contributed by atoms with Crippen LogP contribution < -0.4 is 48.5 Å². The molecule has 0 saturated heterocycles. The SMILES string of the molecule is C[C@@H](CSCC(=O)N[C@@H](Cc1ccc(OCC(=O)O)cc1)C(=O)N[C@@H](Cc1ccc(C(=O)O)cc1)C(N)=O)C(=O)N[C@@H](CCCN)C(=O)NCCOCCOCC(=O)NCCCCCCCCCCC(N)=O. The number of rotatable bonds is 41. The predicted octanol–water partition coefficient (Wildman–Crippen LogP) is 0.943. The molecule has 13 N–H and O–H groups in total. The van der Waals surface area contributed by atoms with Crippen LogP contribution in [0.2, 0.25) is 0 Å². The van der Waals surface area contributed by atoms with Crippen molar-refractivity contribution in [3.63, 3.8) is 0 Å². The van der Waals surface area contributed by atoms with Crippen molar-refractivity contribution in [2.45, 2.75) is 109 Å². The molecule has 0 unspecified atom stereocenters. The Labute approximate surface area is 424 Å². The van der Waals surface area contributed by atoms with Crippen LogP contribution in [-0.2, 0) is 60.7 Å². The molecule has 4 atom stereocenters. The normalized spacial score (nSPS) is 12.6. The molecule has 2 aromatic rings. The van der Waals surface area contributed by atoms with Gasteiger partial charge in [-0.05, 0) is 67.6 Å². The summed E-state index contributed by atoms with van der Waals surface area (Å²) in [7, 11) is 0. The number of thioether (sulfide) groups is 1. The third kappa shape index (κ3) is 28.5. The van der Waals surface area contributed by atoms with Gasteiger partial charge in [-0.1, -0.05) is 69.7 Å².